The van der Waals surface area contributed by atoms with Gasteiger partial charge in [0.05, 0.1) is 24.1 Å². The lowest BCUT2D eigenvalue weighted by atomic mass is 9.82. The Morgan fingerprint density at radius 1 is 1.06 bits per heavy atom. The Bertz CT molecular complexity index is 1310. The van der Waals surface area contributed by atoms with Gasteiger partial charge in [0.2, 0.25) is 0 Å². The van der Waals surface area contributed by atoms with Crippen molar-refractivity contribution in [3.8, 4) is 16.9 Å². The second kappa shape index (κ2) is 7.27. The summed E-state index contributed by atoms with van der Waals surface area (Å²) >= 11 is 0. The van der Waals surface area contributed by atoms with Crippen LogP contribution >= 0.6 is 0 Å². The van der Waals surface area contributed by atoms with E-state index in [0.29, 0.717) is 28.9 Å². The second-order valence-electron chi connectivity index (χ2n) is 7.77. The molecule has 0 spiro atoms. The largest absolute Gasteiger partial charge is 0.497 e. The first-order valence-electron chi connectivity index (χ1n) is 9.95. The number of fused-ring (bicyclic) bond motifs is 3. The van der Waals surface area contributed by atoms with Crippen LogP contribution in [0.1, 0.15) is 39.6 Å². The minimum absolute atomic E-state index is 0.107. The van der Waals surface area contributed by atoms with Gasteiger partial charge >= 0.3 is 0 Å². The highest BCUT2D eigenvalue weighted by molar-refractivity contribution is 5.99. The van der Waals surface area contributed by atoms with Crippen LogP contribution in [0, 0.1) is 18.6 Å². The van der Waals surface area contributed by atoms with Crippen LogP contribution < -0.4 is 4.74 Å². The van der Waals surface area contributed by atoms with Gasteiger partial charge in [-0.1, -0.05) is 12.1 Å². The topological polar surface area (TPSA) is 56.5 Å². The van der Waals surface area contributed by atoms with Gasteiger partial charge in [-0.05, 0) is 54.7 Å². The van der Waals surface area contributed by atoms with Crippen LogP contribution in [-0.2, 0) is 6.42 Å². The van der Waals surface area contributed by atoms with Crippen LogP contribution in [0.15, 0.2) is 48.7 Å². The number of aromatic nitrogens is 3. The number of halogens is 2. The number of benzene rings is 2. The van der Waals surface area contributed by atoms with Crippen molar-refractivity contribution in [3.63, 3.8) is 0 Å². The summed E-state index contributed by atoms with van der Waals surface area (Å²) in [6.45, 7) is 1.89. The molecule has 2 heterocycles. The molecular formula is C24H19F2N3O2. The molecule has 1 atom stereocenters. The molecule has 0 bridgehead atoms. The summed E-state index contributed by atoms with van der Waals surface area (Å²) in [5.74, 6) is -0.983. The highest BCUT2D eigenvalue weighted by Gasteiger charge is 2.30. The molecule has 5 rings (SSSR count). The van der Waals surface area contributed by atoms with E-state index in [1.807, 2.05) is 31.2 Å². The van der Waals surface area contributed by atoms with Crippen molar-refractivity contribution < 1.29 is 18.3 Å². The van der Waals surface area contributed by atoms with Gasteiger partial charge in [-0.3, -0.25) is 4.79 Å². The van der Waals surface area contributed by atoms with E-state index in [0.717, 1.165) is 28.6 Å². The molecule has 0 amide bonds. The van der Waals surface area contributed by atoms with Gasteiger partial charge in [0.1, 0.15) is 17.4 Å². The summed E-state index contributed by atoms with van der Waals surface area (Å²) in [6.07, 6.45) is 2.20. The average Bonchev–Trinajstić information content (AvgIpc) is 3.09. The molecule has 1 aliphatic rings. The molecule has 0 aliphatic heterocycles. The van der Waals surface area contributed by atoms with Crippen LogP contribution in [-0.4, -0.2) is 27.5 Å². The number of Topliss-reactive ketones (excluding diaryl/α,β-unsaturated/α-hetero) is 1. The van der Waals surface area contributed by atoms with Crippen LogP contribution in [0.5, 0.6) is 5.75 Å². The first-order chi connectivity index (χ1) is 14.9. The van der Waals surface area contributed by atoms with Gasteiger partial charge in [-0.15, -0.1) is 0 Å². The third-order valence-corrected chi connectivity index (χ3v) is 5.83. The molecule has 0 unspecified atom stereocenters. The van der Waals surface area contributed by atoms with E-state index in [1.54, 1.807) is 17.8 Å². The third-order valence-electron chi connectivity index (χ3n) is 5.83. The van der Waals surface area contributed by atoms with Crippen LogP contribution in [0.2, 0.25) is 0 Å². The van der Waals surface area contributed by atoms with Crippen molar-refractivity contribution in [1.29, 1.82) is 0 Å². The number of methoxy groups -OCH3 is 1. The van der Waals surface area contributed by atoms with Gasteiger partial charge in [-0.25, -0.2) is 18.3 Å². The number of aryl methyl sites for hydroxylation is 1. The predicted molar refractivity (Wildman–Crippen MR) is 111 cm³/mol. The Morgan fingerprint density at radius 2 is 1.77 bits per heavy atom. The standard InChI is InChI=1S/C24H19F2N3O2/c1-13-23(14-3-5-19(31-2)6-4-14)24-27-12-20-21(29(24)28-13)9-16(10-22(20)30)15-7-17(25)11-18(26)8-15/h3-8,11-12,16H,9-10H2,1-2H3/t16-/m0/s1. The summed E-state index contributed by atoms with van der Waals surface area (Å²) in [5, 5.41) is 4.67. The summed E-state index contributed by atoms with van der Waals surface area (Å²) in [4.78, 5) is 17.4. The van der Waals surface area contributed by atoms with Gasteiger partial charge in [-0.2, -0.15) is 5.10 Å². The van der Waals surface area contributed by atoms with Gasteiger partial charge in [0.25, 0.3) is 0 Å². The molecular weight excluding hydrogens is 400 g/mol. The number of carbonyl (C=O) groups excluding carboxylic acids is 1. The Kier molecular flexibility index (Phi) is 4.54. The maximum atomic E-state index is 13.8. The molecule has 0 radical (unpaired) electrons. The summed E-state index contributed by atoms with van der Waals surface area (Å²) in [7, 11) is 1.61. The van der Waals surface area contributed by atoms with E-state index < -0.39 is 11.6 Å². The average molecular weight is 419 g/mol. The number of hydrogen-bond acceptors (Lipinski definition) is 4. The SMILES string of the molecule is COc1ccc(-c2c(C)nn3c4c(cnc23)C(=O)C[C@@H](c2cc(F)cc(F)c2)C4)cc1. The Hall–Kier alpha value is -3.61. The first-order valence-corrected chi connectivity index (χ1v) is 9.95. The van der Waals surface area contributed by atoms with Crippen LogP contribution in [0.4, 0.5) is 8.78 Å². The maximum absolute atomic E-state index is 13.8. The number of carbonyl (C=O) groups is 1. The van der Waals surface area contributed by atoms with Crippen LogP contribution in [0.3, 0.4) is 0 Å². The number of hydrogen-bond donors (Lipinski definition) is 0. The fraction of sp³-hybridized carbons (Fsp3) is 0.208. The van der Waals surface area contributed by atoms with E-state index in [1.165, 1.54) is 12.1 Å². The molecule has 4 aromatic rings. The molecule has 1 aliphatic carbocycles. The monoisotopic (exact) mass is 419 g/mol. The van der Waals surface area contributed by atoms with Crippen molar-refractivity contribution in [2.24, 2.45) is 0 Å². The number of nitrogens with zero attached hydrogens (tertiary/aromatic N) is 3. The fourth-order valence-electron chi connectivity index (χ4n) is 4.35. The fourth-order valence-corrected chi connectivity index (χ4v) is 4.35. The predicted octanol–water partition coefficient (Wildman–Crippen LogP) is 4.90. The van der Waals surface area contributed by atoms with E-state index in [2.05, 4.69) is 10.1 Å². The molecule has 2 aromatic heterocycles. The Balaban J connectivity index is 1.63. The van der Waals surface area contributed by atoms with Gasteiger partial charge < -0.3 is 4.74 Å². The van der Waals surface area contributed by atoms with Gasteiger partial charge in [0.15, 0.2) is 11.4 Å². The molecule has 0 saturated heterocycles. The molecule has 2 aromatic carbocycles. The minimum atomic E-state index is -0.648. The lowest BCUT2D eigenvalue weighted by Gasteiger charge is -2.24. The highest BCUT2D eigenvalue weighted by atomic mass is 19.1. The summed E-state index contributed by atoms with van der Waals surface area (Å²) < 4.78 is 34.5. The Morgan fingerprint density at radius 3 is 2.45 bits per heavy atom. The number of rotatable bonds is 3. The molecule has 156 valence electrons. The molecule has 31 heavy (non-hydrogen) atoms. The molecule has 0 fully saturated rings. The molecule has 5 nitrogen and oxygen atoms in total. The zero-order valence-corrected chi connectivity index (χ0v) is 17.0. The first kappa shape index (κ1) is 19.4. The van der Waals surface area contributed by atoms with Crippen molar-refractivity contribution in [2.45, 2.75) is 25.7 Å². The zero-order chi connectivity index (χ0) is 21.7. The lowest BCUT2D eigenvalue weighted by molar-refractivity contribution is 0.0962. The van der Waals surface area contributed by atoms with Crippen molar-refractivity contribution >= 4 is 11.4 Å². The zero-order valence-electron chi connectivity index (χ0n) is 17.0. The van der Waals surface area contributed by atoms with Crippen LogP contribution in [0.25, 0.3) is 16.8 Å². The van der Waals surface area contributed by atoms with Crippen molar-refractivity contribution in [3.05, 3.63) is 82.8 Å². The quantitative estimate of drug-likeness (QED) is 0.474. The van der Waals surface area contributed by atoms with E-state index in [9.17, 15) is 13.6 Å². The smallest absolute Gasteiger partial charge is 0.166 e. The second-order valence-corrected chi connectivity index (χ2v) is 7.77. The van der Waals surface area contributed by atoms with Crippen molar-refractivity contribution in [2.75, 3.05) is 7.11 Å². The lowest BCUT2D eigenvalue weighted by Crippen LogP contribution is -2.22. The normalized spacial score (nSPS) is 15.9. The van der Waals surface area contributed by atoms with E-state index >= 15 is 0 Å². The minimum Gasteiger partial charge on any atom is -0.497 e. The van der Waals surface area contributed by atoms with Gasteiger partial charge in [0, 0.05) is 24.2 Å². The summed E-state index contributed by atoms with van der Waals surface area (Å²) in [5.41, 5.74) is 4.91. The van der Waals surface area contributed by atoms with E-state index in [4.69, 9.17) is 4.74 Å². The number of ketones is 1. The molecule has 7 heteroatoms. The van der Waals surface area contributed by atoms with Crippen molar-refractivity contribution in [1.82, 2.24) is 14.6 Å². The number of ether oxygens (including phenoxy) is 1. The third kappa shape index (κ3) is 3.26. The van der Waals surface area contributed by atoms with E-state index in [-0.39, 0.29) is 18.1 Å². The summed E-state index contributed by atoms with van der Waals surface area (Å²) in [6, 6.07) is 11.0. The Labute approximate surface area is 177 Å². The maximum Gasteiger partial charge on any atom is 0.166 e. The highest BCUT2D eigenvalue weighted by Crippen LogP contribution is 2.36. The molecule has 0 N–H and O–H groups in total. The molecule has 0 saturated carbocycles.